The van der Waals surface area contributed by atoms with E-state index in [1.165, 1.54) is 11.8 Å². The topological polar surface area (TPSA) is 37.3 Å². The molecule has 0 aromatic heterocycles. The van der Waals surface area contributed by atoms with E-state index >= 15 is 0 Å². The van der Waals surface area contributed by atoms with Gasteiger partial charge in [0.15, 0.2) is 0 Å². The SMILES string of the molecule is CC(F)(F)C#CC(=O)O. The Kier molecular flexibility index (Phi) is 2.14. The van der Waals surface area contributed by atoms with E-state index in [0.29, 0.717) is 6.92 Å². The summed E-state index contributed by atoms with van der Waals surface area (Å²) in [7, 11) is 0. The highest BCUT2D eigenvalue weighted by Gasteiger charge is 2.15. The van der Waals surface area contributed by atoms with Crippen LogP contribution in [0.5, 0.6) is 0 Å². The Balaban J connectivity index is 4.04. The van der Waals surface area contributed by atoms with Gasteiger partial charge < -0.3 is 5.11 Å². The van der Waals surface area contributed by atoms with Crippen molar-refractivity contribution in [3.63, 3.8) is 0 Å². The van der Waals surface area contributed by atoms with Crippen LogP contribution in [0.1, 0.15) is 6.92 Å². The first-order valence-corrected chi connectivity index (χ1v) is 2.06. The number of carboxylic acid groups (broad SMARTS) is 1. The fraction of sp³-hybridized carbons (Fsp3) is 0.400. The van der Waals surface area contributed by atoms with Gasteiger partial charge in [-0.15, -0.1) is 0 Å². The summed E-state index contributed by atoms with van der Waals surface area (Å²) < 4.78 is 23.3. The largest absolute Gasteiger partial charge is 0.472 e. The third kappa shape index (κ3) is 6.89. The summed E-state index contributed by atoms with van der Waals surface area (Å²) in [6, 6.07) is 0. The number of hydrogen-bond donors (Lipinski definition) is 1. The highest BCUT2D eigenvalue weighted by atomic mass is 19.3. The number of hydrogen-bond acceptors (Lipinski definition) is 1. The van der Waals surface area contributed by atoms with Crippen molar-refractivity contribution in [2.45, 2.75) is 12.8 Å². The van der Waals surface area contributed by atoms with Crippen molar-refractivity contribution < 1.29 is 18.7 Å². The van der Waals surface area contributed by atoms with Gasteiger partial charge in [-0.2, -0.15) is 8.78 Å². The van der Waals surface area contributed by atoms with Crippen LogP contribution in [0.15, 0.2) is 0 Å². The van der Waals surface area contributed by atoms with Crippen molar-refractivity contribution in [3.05, 3.63) is 0 Å². The van der Waals surface area contributed by atoms with E-state index in [4.69, 9.17) is 5.11 Å². The van der Waals surface area contributed by atoms with Gasteiger partial charge in [-0.25, -0.2) is 4.79 Å². The molecule has 0 saturated heterocycles. The first-order valence-electron chi connectivity index (χ1n) is 2.06. The molecule has 0 aliphatic rings. The molecule has 4 heteroatoms. The molecule has 0 bridgehead atoms. The number of rotatable bonds is 0. The Hall–Kier alpha value is -1.11. The lowest BCUT2D eigenvalue weighted by Crippen LogP contribution is -2.05. The molecule has 0 amide bonds. The molecular formula is C5H4F2O2. The molecule has 0 fully saturated rings. The van der Waals surface area contributed by atoms with Crippen molar-refractivity contribution in [1.82, 2.24) is 0 Å². The van der Waals surface area contributed by atoms with Crippen molar-refractivity contribution in [1.29, 1.82) is 0 Å². The molecule has 0 saturated carbocycles. The smallest absolute Gasteiger partial charge is 0.382 e. The zero-order valence-corrected chi connectivity index (χ0v) is 4.61. The normalized spacial score (nSPS) is 9.67. The molecule has 50 valence electrons. The molecule has 0 aliphatic carbocycles. The zero-order valence-electron chi connectivity index (χ0n) is 4.61. The lowest BCUT2D eigenvalue weighted by atomic mass is 10.4. The Bertz CT molecular complexity index is 170. The molecular weight excluding hydrogens is 130 g/mol. The molecule has 0 radical (unpaired) electrons. The van der Waals surface area contributed by atoms with Gasteiger partial charge in [-0.05, 0) is 5.92 Å². The van der Waals surface area contributed by atoms with Gasteiger partial charge in [-0.1, -0.05) is 0 Å². The maximum absolute atomic E-state index is 11.6. The van der Waals surface area contributed by atoms with Crippen LogP contribution in [0.4, 0.5) is 8.78 Å². The molecule has 0 atom stereocenters. The molecule has 0 aromatic carbocycles. The second-order valence-corrected chi connectivity index (χ2v) is 1.44. The fourth-order valence-corrected chi connectivity index (χ4v) is 0.163. The van der Waals surface area contributed by atoms with Crippen molar-refractivity contribution in [2.75, 3.05) is 0 Å². The third-order valence-electron chi connectivity index (χ3n) is 0.389. The van der Waals surface area contributed by atoms with E-state index in [1.807, 2.05) is 0 Å². The van der Waals surface area contributed by atoms with Crippen LogP contribution >= 0.6 is 0 Å². The molecule has 0 aliphatic heterocycles. The van der Waals surface area contributed by atoms with Crippen LogP contribution < -0.4 is 0 Å². The van der Waals surface area contributed by atoms with Crippen LogP contribution in [0, 0.1) is 11.8 Å². The molecule has 0 aromatic rings. The Morgan fingerprint density at radius 2 is 2.11 bits per heavy atom. The van der Waals surface area contributed by atoms with Crippen LogP contribution in [0.3, 0.4) is 0 Å². The Morgan fingerprint density at radius 1 is 1.67 bits per heavy atom. The van der Waals surface area contributed by atoms with Crippen LogP contribution in [-0.4, -0.2) is 17.0 Å². The number of halogens is 2. The third-order valence-corrected chi connectivity index (χ3v) is 0.389. The second-order valence-electron chi connectivity index (χ2n) is 1.44. The second kappa shape index (κ2) is 2.44. The van der Waals surface area contributed by atoms with E-state index in [1.54, 1.807) is 0 Å². The lowest BCUT2D eigenvalue weighted by Gasteiger charge is -1.95. The molecule has 9 heavy (non-hydrogen) atoms. The van der Waals surface area contributed by atoms with Gasteiger partial charge in [-0.3, -0.25) is 0 Å². The summed E-state index contributed by atoms with van der Waals surface area (Å²) in [5, 5.41) is 7.77. The van der Waals surface area contributed by atoms with Crippen molar-refractivity contribution in [2.24, 2.45) is 0 Å². The number of carbonyl (C=O) groups is 1. The predicted molar refractivity (Wildman–Crippen MR) is 26.0 cm³/mol. The van der Waals surface area contributed by atoms with Gasteiger partial charge in [0.1, 0.15) is 0 Å². The Labute approximate surface area is 50.5 Å². The maximum atomic E-state index is 11.6. The van der Waals surface area contributed by atoms with E-state index in [9.17, 15) is 13.6 Å². The number of alkyl halides is 2. The quantitative estimate of drug-likeness (QED) is 0.496. The van der Waals surface area contributed by atoms with E-state index < -0.39 is 11.9 Å². The predicted octanol–water partition coefficient (Wildman–Crippen LogP) is 0.730. The summed E-state index contributed by atoms with van der Waals surface area (Å²) in [5.74, 6) is -2.21. The molecule has 1 N–H and O–H groups in total. The van der Waals surface area contributed by atoms with Gasteiger partial charge in [0.25, 0.3) is 0 Å². The van der Waals surface area contributed by atoms with E-state index in [0.717, 1.165) is 0 Å². The summed E-state index contributed by atoms with van der Waals surface area (Å²) in [6.45, 7) is 0.531. The highest BCUT2D eigenvalue weighted by molar-refractivity contribution is 5.86. The van der Waals surface area contributed by atoms with Gasteiger partial charge in [0.05, 0.1) is 0 Å². The molecule has 0 heterocycles. The summed E-state index contributed by atoms with van der Waals surface area (Å²) in [4.78, 5) is 9.54. The van der Waals surface area contributed by atoms with Crippen molar-refractivity contribution in [3.8, 4) is 11.8 Å². The average molecular weight is 134 g/mol. The maximum Gasteiger partial charge on any atom is 0.382 e. The molecule has 0 rings (SSSR count). The summed E-state index contributed by atoms with van der Waals surface area (Å²) in [6.07, 6.45) is 0. The van der Waals surface area contributed by atoms with Gasteiger partial charge in [0, 0.05) is 12.8 Å². The summed E-state index contributed by atoms with van der Waals surface area (Å²) in [5.41, 5.74) is 0. The molecule has 2 nitrogen and oxygen atoms in total. The van der Waals surface area contributed by atoms with Crippen LogP contribution in [0.25, 0.3) is 0 Å². The van der Waals surface area contributed by atoms with Gasteiger partial charge >= 0.3 is 11.9 Å². The minimum absolute atomic E-state index is 0.531. The van der Waals surface area contributed by atoms with Gasteiger partial charge in [0.2, 0.25) is 0 Å². The first kappa shape index (κ1) is 7.89. The minimum Gasteiger partial charge on any atom is -0.472 e. The first-order chi connectivity index (χ1) is 3.92. The van der Waals surface area contributed by atoms with Crippen molar-refractivity contribution >= 4 is 5.97 Å². The van der Waals surface area contributed by atoms with Crippen LogP contribution in [-0.2, 0) is 4.79 Å². The molecule has 0 spiro atoms. The minimum atomic E-state index is -3.21. The lowest BCUT2D eigenvalue weighted by molar-refractivity contribution is -0.130. The zero-order chi connectivity index (χ0) is 7.49. The standard InChI is InChI=1S/C5H4F2O2/c1-5(6,7)3-2-4(8)9/h1H3,(H,8,9). The fourth-order valence-electron chi connectivity index (χ4n) is 0.163. The monoisotopic (exact) mass is 134 g/mol. The summed E-state index contributed by atoms with van der Waals surface area (Å²) >= 11 is 0. The highest BCUT2D eigenvalue weighted by Crippen LogP contribution is 2.07. The molecule has 0 unspecified atom stereocenters. The van der Waals surface area contributed by atoms with E-state index in [2.05, 4.69) is 0 Å². The van der Waals surface area contributed by atoms with E-state index in [-0.39, 0.29) is 0 Å². The number of carboxylic acids is 1. The Morgan fingerprint density at radius 3 is 2.22 bits per heavy atom. The van der Waals surface area contributed by atoms with Crippen LogP contribution in [0.2, 0.25) is 0 Å². The number of aliphatic carboxylic acids is 1. The average Bonchev–Trinajstić information content (AvgIpc) is 1.59.